The molecular formula is C18H24N4O2. The number of amides is 2. The van der Waals surface area contributed by atoms with Gasteiger partial charge in [0.05, 0.1) is 0 Å². The fourth-order valence-corrected chi connectivity index (χ4v) is 3.68. The highest BCUT2D eigenvalue weighted by Gasteiger charge is 2.37. The van der Waals surface area contributed by atoms with Crippen molar-refractivity contribution in [2.45, 2.75) is 32.2 Å². The van der Waals surface area contributed by atoms with E-state index < -0.39 is 0 Å². The number of carbonyl (C=O) groups is 2. The van der Waals surface area contributed by atoms with Crippen LogP contribution in [0, 0.1) is 5.92 Å². The predicted octanol–water partition coefficient (Wildman–Crippen LogP) is 1.37. The molecule has 0 N–H and O–H groups in total. The Kier molecular flexibility index (Phi) is 3.90. The molecule has 4 rings (SSSR count). The Labute approximate surface area is 142 Å². The van der Waals surface area contributed by atoms with Crippen molar-refractivity contribution in [2.75, 3.05) is 37.6 Å². The van der Waals surface area contributed by atoms with Crippen LogP contribution >= 0.6 is 0 Å². The number of rotatable bonds is 3. The van der Waals surface area contributed by atoms with Crippen LogP contribution in [0.1, 0.15) is 36.5 Å². The van der Waals surface area contributed by atoms with Crippen molar-refractivity contribution in [2.24, 2.45) is 5.92 Å². The molecule has 1 unspecified atom stereocenters. The highest BCUT2D eigenvalue weighted by atomic mass is 16.2. The summed E-state index contributed by atoms with van der Waals surface area (Å²) in [7, 11) is 0. The average molecular weight is 328 g/mol. The van der Waals surface area contributed by atoms with Gasteiger partial charge in [-0.15, -0.1) is 0 Å². The molecule has 0 aromatic carbocycles. The van der Waals surface area contributed by atoms with Crippen LogP contribution in [0.5, 0.6) is 0 Å². The Morgan fingerprint density at radius 3 is 2.71 bits per heavy atom. The van der Waals surface area contributed by atoms with E-state index in [2.05, 4.69) is 16.8 Å². The number of carbonyl (C=O) groups excluding carboxylic acids is 2. The van der Waals surface area contributed by atoms with Crippen molar-refractivity contribution in [3.63, 3.8) is 0 Å². The molecule has 0 radical (unpaired) electrons. The van der Waals surface area contributed by atoms with Gasteiger partial charge in [-0.3, -0.25) is 9.59 Å². The smallest absolute Gasteiger partial charge is 0.254 e. The number of hydrogen-bond donors (Lipinski definition) is 0. The van der Waals surface area contributed by atoms with Gasteiger partial charge >= 0.3 is 0 Å². The van der Waals surface area contributed by atoms with Crippen LogP contribution in [0.25, 0.3) is 0 Å². The Morgan fingerprint density at radius 1 is 1.21 bits per heavy atom. The molecule has 1 aromatic rings. The Bertz CT molecular complexity index is 658. The summed E-state index contributed by atoms with van der Waals surface area (Å²) in [5, 5.41) is 0. The second-order valence-corrected chi connectivity index (χ2v) is 7.29. The molecule has 0 spiro atoms. The molecule has 3 aliphatic rings. The first-order chi connectivity index (χ1) is 11.6. The van der Waals surface area contributed by atoms with Gasteiger partial charge in [0.1, 0.15) is 12.4 Å². The van der Waals surface area contributed by atoms with Crippen LogP contribution in [0.15, 0.2) is 18.3 Å². The number of aromatic nitrogens is 1. The molecule has 1 aromatic heterocycles. The van der Waals surface area contributed by atoms with Gasteiger partial charge in [-0.1, -0.05) is 6.92 Å². The van der Waals surface area contributed by atoms with Crippen molar-refractivity contribution in [3.05, 3.63) is 23.9 Å². The first-order valence-electron chi connectivity index (χ1n) is 8.91. The average Bonchev–Trinajstić information content (AvgIpc) is 3.34. The topological polar surface area (TPSA) is 56.8 Å². The van der Waals surface area contributed by atoms with Crippen LogP contribution in [-0.4, -0.2) is 65.4 Å². The van der Waals surface area contributed by atoms with E-state index in [1.54, 1.807) is 17.2 Å². The highest BCUT2D eigenvalue weighted by molar-refractivity contribution is 5.97. The maximum atomic E-state index is 12.8. The monoisotopic (exact) mass is 328 g/mol. The van der Waals surface area contributed by atoms with Crippen LogP contribution in [-0.2, 0) is 4.79 Å². The number of piperazine rings is 1. The third-order valence-corrected chi connectivity index (χ3v) is 5.27. The predicted molar refractivity (Wildman–Crippen MR) is 90.9 cm³/mol. The minimum absolute atomic E-state index is 0.0605. The summed E-state index contributed by atoms with van der Waals surface area (Å²) in [6.45, 7) is 5.71. The van der Waals surface area contributed by atoms with Gasteiger partial charge in [0.15, 0.2) is 0 Å². The molecule has 3 fully saturated rings. The molecule has 3 heterocycles. The van der Waals surface area contributed by atoms with Crippen LogP contribution in [0.4, 0.5) is 5.82 Å². The molecule has 6 heteroatoms. The molecule has 1 aliphatic carbocycles. The molecule has 2 aliphatic heterocycles. The van der Waals surface area contributed by atoms with E-state index in [-0.39, 0.29) is 18.4 Å². The van der Waals surface area contributed by atoms with Crippen LogP contribution in [0.2, 0.25) is 0 Å². The highest BCUT2D eigenvalue weighted by Crippen LogP contribution is 2.28. The van der Waals surface area contributed by atoms with Crippen LogP contribution in [0.3, 0.4) is 0 Å². The summed E-state index contributed by atoms with van der Waals surface area (Å²) >= 11 is 0. The molecule has 128 valence electrons. The van der Waals surface area contributed by atoms with E-state index in [0.29, 0.717) is 30.6 Å². The summed E-state index contributed by atoms with van der Waals surface area (Å²) < 4.78 is 0. The second-order valence-electron chi connectivity index (χ2n) is 7.29. The minimum atomic E-state index is -0.0605. The van der Waals surface area contributed by atoms with Crippen molar-refractivity contribution in [3.8, 4) is 0 Å². The normalized spacial score (nSPS) is 24.6. The zero-order chi connectivity index (χ0) is 16.7. The number of anilines is 1. The molecule has 6 nitrogen and oxygen atoms in total. The van der Waals surface area contributed by atoms with Crippen molar-refractivity contribution in [1.82, 2.24) is 14.8 Å². The Morgan fingerprint density at radius 2 is 2.04 bits per heavy atom. The van der Waals surface area contributed by atoms with E-state index in [1.807, 2.05) is 11.0 Å². The lowest BCUT2D eigenvalue weighted by Crippen LogP contribution is -2.52. The fourth-order valence-electron chi connectivity index (χ4n) is 3.68. The maximum absolute atomic E-state index is 12.8. The van der Waals surface area contributed by atoms with Gasteiger partial charge in [0, 0.05) is 44.0 Å². The SMILES string of the molecule is CC1CCN(c2cc(C(=O)N3CCN(C4CC4)C(=O)C3)ccn2)C1. The second kappa shape index (κ2) is 6.07. The van der Waals surface area contributed by atoms with Gasteiger partial charge in [-0.05, 0) is 37.3 Å². The molecule has 0 bridgehead atoms. The van der Waals surface area contributed by atoms with Crippen molar-refractivity contribution >= 4 is 17.6 Å². The lowest BCUT2D eigenvalue weighted by molar-refractivity contribution is -0.135. The van der Waals surface area contributed by atoms with E-state index in [9.17, 15) is 9.59 Å². The maximum Gasteiger partial charge on any atom is 0.254 e. The van der Waals surface area contributed by atoms with Gasteiger partial charge in [0.2, 0.25) is 5.91 Å². The summed E-state index contributed by atoms with van der Waals surface area (Å²) in [6, 6.07) is 4.06. The molecule has 1 saturated carbocycles. The zero-order valence-corrected chi connectivity index (χ0v) is 14.1. The first kappa shape index (κ1) is 15.4. The van der Waals surface area contributed by atoms with Gasteiger partial charge < -0.3 is 14.7 Å². The quantitative estimate of drug-likeness (QED) is 0.841. The molecule has 2 saturated heterocycles. The molecule has 2 amide bonds. The first-order valence-corrected chi connectivity index (χ1v) is 8.91. The zero-order valence-electron chi connectivity index (χ0n) is 14.1. The third-order valence-electron chi connectivity index (χ3n) is 5.27. The number of hydrogen-bond acceptors (Lipinski definition) is 4. The largest absolute Gasteiger partial charge is 0.356 e. The van der Waals surface area contributed by atoms with Gasteiger partial charge in [-0.2, -0.15) is 0 Å². The minimum Gasteiger partial charge on any atom is -0.356 e. The molecule has 24 heavy (non-hydrogen) atoms. The third kappa shape index (κ3) is 2.97. The Hall–Kier alpha value is -2.11. The number of pyridine rings is 1. The summed E-state index contributed by atoms with van der Waals surface area (Å²) in [5.74, 6) is 1.56. The molecule has 1 atom stereocenters. The Balaban J connectivity index is 1.45. The van der Waals surface area contributed by atoms with Crippen molar-refractivity contribution < 1.29 is 9.59 Å². The fraction of sp³-hybridized carbons (Fsp3) is 0.611. The van der Waals surface area contributed by atoms with E-state index >= 15 is 0 Å². The standard InChI is InChI=1S/C18H24N4O2/c1-13-5-7-20(11-13)16-10-14(4-6-19-16)18(24)21-8-9-22(15-2-3-15)17(23)12-21/h4,6,10,13,15H,2-3,5,7-9,11-12H2,1H3. The van der Waals surface area contributed by atoms with Crippen LogP contribution < -0.4 is 4.90 Å². The molecular weight excluding hydrogens is 304 g/mol. The lowest BCUT2D eigenvalue weighted by atomic mass is 10.2. The van der Waals surface area contributed by atoms with Crippen molar-refractivity contribution in [1.29, 1.82) is 0 Å². The van der Waals surface area contributed by atoms with E-state index in [4.69, 9.17) is 0 Å². The lowest BCUT2D eigenvalue weighted by Gasteiger charge is -2.34. The summed E-state index contributed by atoms with van der Waals surface area (Å²) in [4.78, 5) is 35.3. The van der Waals surface area contributed by atoms with E-state index in [0.717, 1.165) is 38.2 Å². The summed E-state index contributed by atoms with van der Waals surface area (Å²) in [5.41, 5.74) is 0.632. The van der Waals surface area contributed by atoms with Gasteiger partial charge in [-0.25, -0.2) is 4.98 Å². The summed E-state index contributed by atoms with van der Waals surface area (Å²) in [6.07, 6.45) is 5.09. The van der Waals surface area contributed by atoms with Gasteiger partial charge in [0.25, 0.3) is 5.91 Å². The van der Waals surface area contributed by atoms with E-state index in [1.165, 1.54) is 0 Å². The number of nitrogens with zero attached hydrogens (tertiary/aromatic N) is 4.